The third kappa shape index (κ3) is 7.74. The van der Waals surface area contributed by atoms with Gasteiger partial charge in [0, 0.05) is 34.4 Å². The number of nitrogens with one attached hydrogen (secondary N) is 2. The van der Waals surface area contributed by atoms with Gasteiger partial charge in [-0.25, -0.2) is 0 Å². The van der Waals surface area contributed by atoms with Gasteiger partial charge in [-0.3, -0.25) is 9.00 Å². The van der Waals surface area contributed by atoms with Crippen LogP contribution < -0.4 is 10.6 Å². The Morgan fingerprint density at radius 3 is 2.43 bits per heavy atom. The normalized spacial score (nSPS) is 15.4. The molecule has 1 heterocycles. The first-order valence-electron chi connectivity index (χ1n) is 9.67. The molecule has 0 bridgehead atoms. The minimum atomic E-state index is -0.968. The SMILES string of the molecule is Cl.O=C(CCC1CCNCC1)Nc1cccc(CS(=O)Cc2ccccc2)c1. The van der Waals surface area contributed by atoms with E-state index >= 15 is 0 Å². The van der Waals surface area contributed by atoms with Crippen molar-refractivity contribution in [1.82, 2.24) is 5.32 Å². The highest BCUT2D eigenvalue weighted by Gasteiger charge is 2.14. The summed E-state index contributed by atoms with van der Waals surface area (Å²) in [6, 6.07) is 17.6. The van der Waals surface area contributed by atoms with Crippen LogP contribution in [0.1, 0.15) is 36.8 Å². The number of carbonyl (C=O) groups is 1. The zero-order chi connectivity index (χ0) is 18.9. The van der Waals surface area contributed by atoms with E-state index < -0.39 is 10.8 Å². The molecule has 1 amide bonds. The fourth-order valence-corrected chi connectivity index (χ4v) is 4.68. The molecule has 2 N–H and O–H groups in total. The summed E-state index contributed by atoms with van der Waals surface area (Å²) in [4.78, 5) is 12.2. The number of benzene rings is 2. The van der Waals surface area contributed by atoms with Gasteiger partial charge < -0.3 is 10.6 Å². The minimum absolute atomic E-state index is 0. The Morgan fingerprint density at radius 2 is 1.68 bits per heavy atom. The van der Waals surface area contributed by atoms with E-state index in [0.717, 1.165) is 49.2 Å². The summed E-state index contributed by atoms with van der Waals surface area (Å²) in [5.41, 5.74) is 2.86. The highest BCUT2D eigenvalue weighted by Crippen LogP contribution is 2.19. The van der Waals surface area contributed by atoms with Crippen LogP contribution >= 0.6 is 12.4 Å². The molecule has 1 aliphatic heterocycles. The van der Waals surface area contributed by atoms with Crippen LogP contribution in [0.15, 0.2) is 54.6 Å². The largest absolute Gasteiger partial charge is 0.326 e. The number of rotatable bonds is 8. The summed E-state index contributed by atoms with van der Waals surface area (Å²) in [5, 5.41) is 6.34. The molecule has 0 aromatic heterocycles. The van der Waals surface area contributed by atoms with Gasteiger partial charge in [0.15, 0.2) is 0 Å². The monoisotopic (exact) mass is 420 g/mol. The highest BCUT2D eigenvalue weighted by molar-refractivity contribution is 7.83. The molecule has 0 aliphatic carbocycles. The van der Waals surface area contributed by atoms with Gasteiger partial charge in [-0.1, -0.05) is 42.5 Å². The van der Waals surface area contributed by atoms with Crippen molar-refractivity contribution in [1.29, 1.82) is 0 Å². The maximum absolute atomic E-state index is 12.4. The smallest absolute Gasteiger partial charge is 0.224 e. The first kappa shape index (κ1) is 22.6. The number of carbonyl (C=O) groups excluding carboxylic acids is 1. The van der Waals surface area contributed by atoms with Crippen molar-refractivity contribution in [2.45, 2.75) is 37.2 Å². The van der Waals surface area contributed by atoms with Gasteiger partial charge in [0.2, 0.25) is 5.91 Å². The summed E-state index contributed by atoms with van der Waals surface area (Å²) in [5.74, 6) is 1.77. The predicted octanol–water partition coefficient (Wildman–Crippen LogP) is 4.28. The summed E-state index contributed by atoms with van der Waals surface area (Å²) in [7, 11) is -0.968. The molecule has 3 rings (SSSR count). The lowest BCUT2D eigenvalue weighted by molar-refractivity contribution is -0.116. The molecular formula is C22H29ClN2O2S. The number of halogens is 1. The number of anilines is 1. The van der Waals surface area contributed by atoms with Crippen molar-refractivity contribution < 1.29 is 9.00 Å². The Bertz CT molecular complexity index is 764. The van der Waals surface area contributed by atoms with E-state index in [4.69, 9.17) is 0 Å². The van der Waals surface area contributed by atoms with Crippen LogP contribution in [0.4, 0.5) is 5.69 Å². The van der Waals surface area contributed by atoms with Crippen molar-refractivity contribution in [3.8, 4) is 0 Å². The Labute approximate surface area is 176 Å². The highest BCUT2D eigenvalue weighted by atomic mass is 35.5. The molecule has 152 valence electrons. The van der Waals surface area contributed by atoms with Crippen molar-refractivity contribution in [2.75, 3.05) is 18.4 Å². The van der Waals surface area contributed by atoms with Crippen LogP contribution in [0.3, 0.4) is 0 Å². The maximum atomic E-state index is 12.4. The third-order valence-corrected chi connectivity index (χ3v) is 6.26. The van der Waals surface area contributed by atoms with Gasteiger partial charge in [0.05, 0.1) is 0 Å². The molecule has 0 radical (unpaired) electrons. The molecule has 0 saturated carbocycles. The second kappa shape index (κ2) is 12.0. The maximum Gasteiger partial charge on any atom is 0.224 e. The average molecular weight is 421 g/mol. The van der Waals surface area contributed by atoms with Gasteiger partial charge in [-0.05, 0) is 61.5 Å². The van der Waals surface area contributed by atoms with Crippen molar-refractivity contribution in [2.24, 2.45) is 5.92 Å². The molecule has 6 heteroatoms. The van der Waals surface area contributed by atoms with E-state index in [1.807, 2.05) is 54.6 Å². The van der Waals surface area contributed by atoms with Gasteiger partial charge >= 0.3 is 0 Å². The minimum Gasteiger partial charge on any atom is -0.326 e. The second-order valence-corrected chi connectivity index (χ2v) is 8.65. The van der Waals surface area contributed by atoms with Crippen molar-refractivity contribution in [3.05, 3.63) is 65.7 Å². The average Bonchev–Trinajstić information content (AvgIpc) is 2.68. The summed E-state index contributed by atoms with van der Waals surface area (Å²) < 4.78 is 12.4. The lowest BCUT2D eigenvalue weighted by Crippen LogP contribution is -2.28. The van der Waals surface area contributed by atoms with E-state index in [2.05, 4.69) is 10.6 Å². The number of piperidine rings is 1. The van der Waals surface area contributed by atoms with Gasteiger partial charge in [0.25, 0.3) is 0 Å². The molecule has 4 nitrogen and oxygen atoms in total. The molecule has 1 unspecified atom stereocenters. The van der Waals surface area contributed by atoms with Crippen molar-refractivity contribution >= 4 is 34.8 Å². The van der Waals surface area contributed by atoms with E-state index in [-0.39, 0.29) is 18.3 Å². The molecular weight excluding hydrogens is 392 g/mol. The quantitative estimate of drug-likeness (QED) is 0.670. The Morgan fingerprint density at radius 1 is 1.00 bits per heavy atom. The van der Waals surface area contributed by atoms with Crippen LogP contribution in [0.25, 0.3) is 0 Å². The van der Waals surface area contributed by atoms with Crippen LogP contribution in [-0.4, -0.2) is 23.2 Å². The molecule has 1 atom stereocenters. The molecule has 2 aromatic rings. The van der Waals surface area contributed by atoms with Crippen molar-refractivity contribution in [3.63, 3.8) is 0 Å². The molecule has 0 spiro atoms. The molecule has 2 aromatic carbocycles. The Hall–Kier alpha value is -1.69. The number of hydrogen-bond acceptors (Lipinski definition) is 3. The van der Waals surface area contributed by atoms with Crippen LogP contribution in [0.2, 0.25) is 0 Å². The fraction of sp³-hybridized carbons (Fsp3) is 0.409. The molecule has 28 heavy (non-hydrogen) atoms. The second-order valence-electron chi connectivity index (χ2n) is 7.19. The van der Waals surface area contributed by atoms with E-state index in [9.17, 15) is 9.00 Å². The molecule has 1 aliphatic rings. The lowest BCUT2D eigenvalue weighted by atomic mass is 9.93. The van der Waals surface area contributed by atoms with Crippen LogP contribution in [0, 0.1) is 5.92 Å². The first-order chi connectivity index (χ1) is 13.2. The lowest BCUT2D eigenvalue weighted by Gasteiger charge is -2.22. The van der Waals surface area contributed by atoms with Gasteiger partial charge in [-0.15, -0.1) is 12.4 Å². The topological polar surface area (TPSA) is 58.2 Å². The molecule has 1 saturated heterocycles. The summed E-state index contributed by atoms with van der Waals surface area (Å²) in [6.45, 7) is 2.13. The zero-order valence-corrected chi connectivity index (χ0v) is 17.7. The van der Waals surface area contributed by atoms with Crippen LogP contribution in [-0.2, 0) is 27.1 Å². The number of amides is 1. The first-order valence-corrected chi connectivity index (χ1v) is 11.2. The van der Waals surface area contributed by atoms with E-state index in [1.54, 1.807) is 0 Å². The van der Waals surface area contributed by atoms with E-state index in [1.165, 1.54) is 0 Å². The third-order valence-electron chi connectivity index (χ3n) is 4.95. The fourth-order valence-electron chi connectivity index (χ4n) is 3.47. The molecule has 1 fully saturated rings. The number of hydrogen-bond donors (Lipinski definition) is 2. The predicted molar refractivity (Wildman–Crippen MR) is 119 cm³/mol. The van der Waals surface area contributed by atoms with E-state index in [0.29, 0.717) is 23.8 Å². The zero-order valence-electron chi connectivity index (χ0n) is 16.1. The summed E-state index contributed by atoms with van der Waals surface area (Å²) in [6.07, 6.45) is 3.84. The Balaban J connectivity index is 0.00000280. The van der Waals surface area contributed by atoms with Gasteiger partial charge in [0.1, 0.15) is 0 Å². The van der Waals surface area contributed by atoms with Crippen LogP contribution in [0.5, 0.6) is 0 Å². The van der Waals surface area contributed by atoms with Gasteiger partial charge in [-0.2, -0.15) is 0 Å². The standard InChI is InChI=1S/C22H28N2O2S.ClH/c25-22(10-9-18-11-13-23-14-12-18)24-21-8-4-7-20(15-21)17-27(26)16-19-5-2-1-3-6-19;/h1-8,15,18,23H,9-14,16-17H2,(H,24,25);1H. The Kier molecular flexibility index (Phi) is 9.68. The summed E-state index contributed by atoms with van der Waals surface area (Å²) >= 11 is 0.